The van der Waals surface area contributed by atoms with Crippen molar-refractivity contribution < 1.29 is 24.3 Å². The maximum absolute atomic E-state index is 15.4. The zero-order chi connectivity index (χ0) is 40.5. The maximum Gasteiger partial charge on any atom is 0.246 e. The maximum atomic E-state index is 15.4. The lowest BCUT2D eigenvalue weighted by atomic mass is 9.49. The van der Waals surface area contributed by atoms with Gasteiger partial charge in [0.1, 0.15) is 5.75 Å². The van der Waals surface area contributed by atoms with Gasteiger partial charge in [-0.3, -0.25) is 24.1 Å². The molecule has 2 heterocycles. The van der Waals surface area contributed by atoms with Crippen LogP contribution in [0.1, 0.15) is 35.4 Å². The van der Waals surface area contributed by atoms with Gasteiger partial charge in [0.2, 0.25) is 23.6 Å². The molecule has 2 aliphatic heterocycles. The van der Waals surface area contributed by atoms with E-state index in [1.807, 2.05) is 85.7 Å². The highest BCUT2D eigenvalue weighted by molar-refractivity contribution is 6.32. The van der Waals surface area contributed by atoms with E-state index >= 15 is 4.79 Å². The van der Waals surface area contributed by atoms with Gasteiger partial charge in [-0.1, -0.05) is 71.8 Å². The van der Waals surface area contributed by atoms with Gasteiger partial charge < -0.3 is 10.0 Å². The van der Waals surface area contributed by atoms with E-state index in [1.54, 1.807) is 67.6 Å². The smallest absolute Gasteiger partial charge is 0.246 e. The third kappa shape index (κ3) is 5.76. The van der Waals surface area contributed by atoms with E-state index in [0.29, 0.717) is 45.3 Å². The van der Waals surface area contributed by atoms with E-state index in [1.165, 1.54) is 9.80 Å². The molecule has 5 aromatic carbocycles. The number of rotatable bonds is 7. The first-order valence-corrected chi connectivity index (χ1v) is 19.7. The summed E-state index contributed by atoms with van der Waals surface area (Å²) in [5, 5.41) is 19.7. The van der Waals surface area contributed by atoms with Crippen molar-refractivity contribution in [1.29, 1.82) is 0 Å². The fraction of sp³-hybridized carbons (Fsp3) is 0.234. The second-order valence-corrected chi connectivity index (χ2v) is 16.2. The van der Waals surface area contributed by atoms with Crippen LogP contribution in [0.2, 0.25) is 5.02 Å². The number of imide groups is 2. The lowest BCUT2D eigenvalue weighted by molar-refractivity contribution is -0.127. The Morgan fingerprint density at radius 2 is 1.41 bits per heavy atom. The van der Waals surface area contributed by atoms with E-state index in [-0.39, 0.29) is 35.8 Å². The van der Waals surface area contributed by atoms with Crippen LogP contribution in [-0.4, -0.2) is 42.8 Å². The van der Waals surface area contributed by atoms with Crippen molar-refractivity contribution in [2.45, 2.75) is 31.1 Å². The molecular formula is C47H40ClN5O5. The van der Waals surface area contributed by atoms with Gasteiger partial charge in [-0.2, -0.15) is 10.2 Å². The first-order chi connectivity index (χ1) is 28.0. The summed E-state index contributed by atoms with van der Waals surface area (Å²) >= 11 is 6.43. The minimum Gasteiger partial charge on any atom is -0.508 e. The molecule has 11 heteroatoms. The average molecular weight is 790 g/mol. The predicted octanol–water partition coefficient (Wildman–Crippen LogP) is 9.20. The Hall–Kier alpha value is -6.39. The Morgan fingerprint density at radius 1 is 0.724 bits per heavy atom. The molecule has 6 atom stereocenters. The Kier molecular flexibility index (Phi) is 9.12. The number of benzene rings is 5. The second-order valence-electron chi connectivity index (χ2n) is 15.8. The Bertz CT molecular complexity index is 2560. The summed E-state index contributed by atoms with van der Waals surface area (Å²) in [7, 11) is 3.93. The number of hydrogen-bond acceptors (Lipinski definition) is 8. The number of azo groups is 1. The van der Waals surface area contributed by atoms with E-state index in [2.05, 4.69) is 10.2 Å². The number of fused-ring (bicyclic) bond motifs is 4. The van der Waals surface area contributed by atoms with E-state index in [4.69, 9.17) is 11.6 Å². The van der Waals surface area contributed by atoms with Crippen molar-refractivity contribution in [3.8, 4) is 5.75 Å². The van der Waals surface area contributed by atoms with Crippen LogP contribution in [0, 0.1) is 30.6 Å². The van der Waals surface area contributed by atoms with Crippen molar-refractivity contribution >= 4 is 63.7 Å². The molecule has 2 aliphatic carbocycles. The van der Waals surface area contributed by atoms with Gasteiger partial charge in [0.05, 0.1) is 45.9 Å². The number of aromatic hydroxyl groups is 1. The minimum atomic E-state index is -1.40. The zero-order valence-electron chi connectivity index (χ0n) is 32.1. The number of amides is 4. The molecule has 0 unspecified atom stereocenters. The molecule has 1 N–H and O–H groups in total. The molecule has 290 valence electrons. The van der Waals surface area contributed by atoms with Crippen LogP contribution in [0.5, 0.6) is 5.75 Å². The molecule has 4 aliphatic rings. The molecule has 3 fully saturated rings. The number of carbonyl (C=O) groups is 4. The molecule has 10 nitrogen and oxygen atoms in total. The summed E-state index contributed by atoms with van der Waals surface area (Å²) in [6, 6.07) is 35.9. The zero-order valence-corrected chi connectivity index (χ0v) is 32.9. The molecule has 0 spiro atoms. The van der Waals surface area contributed by atoms with Gasteiger partial charge in [-0.15, -0.1) is 0 Å². The number of phenols is 1. The van der Waals surface area contributed by atoms with Crippen LogP contribution in [-0.2, 0) is 24.6 Å². The molecule has 4 amide bonds. The third-order valence-electron chi connectivity index (χ3n) is 12.5. The number of allylic oxidation sites excluding steroid dienone is 2. The van der Waals surface area contributed by atoms with Gasteiger partial charge in [-0.25, -0.2) is 4.90 Å². The highest BCUT2D eigenvalue weighted by atomic mass is 35.5. The van der Waals surface area contributed by atoms with Crippen LogP contribution < -0.4 is 14.7 Å². The first-order valence-electron chi connectivity index (χ1n) is 19.3. The van der Waals surface area contributed by atoms with Gasteiger partial charge in [0, 0.05) is 30.7 Å². The lowest BCUT2D eigenvalue weighted by Gasteiger charge is -2.50. The van der Waals surface area contributed by atoms with Crippen LogP contribution in [0.3, 0.4) is 0 Å². The third-order valence-corrected chi connectivity index (χ3v) is 12.7. The van der Waals surface area contributed by atoms with Gasteiger partial charge in [0.15, 0.2) is 0 Å². The highest BCUT2D eigenvalue weighted by Crippen LogP contribution is 2.64. The summed E-state index contributed by atoms with van der Waals surface area (Å²) in [6.07, 6.45) is 2.50. The van der Waals surface area contributed by atoms with E-state index in [0.717, 1.165) is 16.8 Å². The summed E-state index contributed by atoms with van der Waals surface area (Å²) in [6.45, 7) is 1.79. The van der Waals surface area contributed by atoms with Crippen molar-refractivity contribution in [3.05, 3.63) is 155 Å². The SMILES string of the molecule is Cc1cc([C@H]2C3=CC[C@@H]4C(=O)N(c5ccc(N=Nc6ccc(N(C)C)cc6)cc5)C(=O)[C@@H]4[C@@H]3C[C@H]3C(=O)N(c4cccc(Cl)c4)C(=O)[C@@]23c2ccccc2)ccc1O. The number of carbonyl (C=O) groups excluding carboxylic acids is 4. The Morgan fingerprint density at radius 3 is 2.07 bits per heavy atom. The van der Waals surface area contributed by atoms with E-state index < -0.39 is 35.0 Å². The molecular weight excluding hydrogens is 750 g/mol. The minimum absolute atomic E-state index is 0.104. The lowest BCUT2D eigenvalue weighted by Crippen LogP contribution is -2.53. The highest BCUT2D eigenvalue weighted by Gasteiger charge is 2.70. The molecule has 58 heavy (non-hydrogen) atoms. The number of anilines is 3. The number of hydrogen-bond donors (Lipinski definition) is 1. The van der Waals surface area contributed by atoms with Gasteiger partial charge >= 0.3 is 0 Å². The number of halogens is 1. The van der Waals surface area contributed by atoms with Crippen molar-refractivity contribution in [2.24, 2.45) is 33.9 Å². The van der Waals surface area contributed by atoms with Crippen molar-refractivity contribution in [1.82, 2.24) is 0 Å². The van der Waals surface area contributed by atoms with Gasteiger partial charge in [0.25, 0.3) is 0 Å². The second kappa shape index (κ2) is 14.2. The largest absolute Gasteiger partial charge is 0.508 e. The quantitative estimate of drug-likeness (QED) is 0.0997. The summed E-state index contributed by atoms with van der Waals surface area (Å²) < 4.78 is 0. The Balaban J connectivity index is 1.11. The fourth-order valence-corrected chi connectivity index (χ4v) is 10.0. The summed E-state index contributed by atoms with van der Waals surface area (Å²) in [5.41, 5.74) is 4.57. The summed E-state index contributed by atoms with van der Waals surface area (Å²) in [5.74, 6) is -4.80. The predicted molar refractivity (Wildman–Crippen MR) is 223 cm³/mol. The first kappa shape index (κ1) is 37.2. The molecule has 0 aromatic heterocycles. The number of aryl methyl sites for hydroxylation is 1. The molecule has 2 saturated heterocycles. The number of phenolic OH excluding ortho intramolecular Hbond substituents is 1. The Labute approximate surface area is 341 Å². The fourth-order valence-electron chi connectivity index (χ4n) is 9.83. The topological polar surface area (TPSA) is 123 Å². The van der Waals surface area contributed by atoms with Crippen LogP contribution >= 0.6 is 11.6 Å². The molecule has 5 aromatic rings. The normalized spacial score (nSPS) is 25.2. The molecule has 9 rings (SSSR count). The monoisotopic (exact) mass is 789 g/mol. The molecule has 1 saturated carbocycles. The van der Waals surface area contributed by atoms with Gasteiger partial charge in [-0.05, 0) is 115 Å². The molecule has 0 radical (unpaired) electrons. The standard InChI is InChI=1S/C47H40ClN5O5/c1-27-24-28(12-23-40(27)54)42-36-21-22-37-41(45(57)52(43(37)55)34-19-15-32(16-20-34)50-49-31-13-17-33(18-14-31)51(2)3)38(36)26-39-44(56)53(35-11-7-10-30(48)25-35)46(58)47(39,42)29-8-5-4-6-9-29/h4-21,23-25,37-39,41-42,54H,22,26H2,1-3H3/t37-,38+,39-,41-,42-,47+/m0/s1. The molecule has 0 bridgehead atoms. The van der Waals surface area contributed by atoms with Crippen molar-refractivity contribution in [3.63, 3.8) is 0 Å². The van der Waals surface area contributed by atoms with Crippen LogP contribution in [0.15, 0.2) is 143 Å². The number of nitrogens with zero attached hydrogens (tertiary/aromatic N) is 5. The van der Waals surface area contributed by atoms with Crippen molar-refractivity contribution in [2.75, 3.05) is 28.8 Å². The van der Waals surface area contributed by atoms with Crippen LogP contribution in [0.25, 0.3) is 0 Å². The van der Waals surface area contributed by atoms with E-state index in [9.17, 15) is 19.5 Å². The van der Waals surface area contributed by atoms with Crippen LogP contribution in [0.4, 0.5) is 28.4 Å². The summed E-state index contributed by atoms with van der Waals surface area (Å²) in [4.78, 5) is 63.9. The average Bonchev–Trinajstić information content (AvgIpc) is 3.62.